The van der Waals surface area contributed by atoms with E-state index in [-0.39, 0.29) is 0 Å². The average Bonchev–Trinajstić information content (AvgIpc) is 2.14. The molecule has 0 spiro atoms. The van der Waals surface area contributed by atoms with E-state index in [0.29, 0.717) is 13.2 Å². The Morgan fingerprint density at radius 1 is 1.25 bits per heavy atom. The van der Waals surface area contributed by atoms with Crippen LogP contribution >= 0.6 is 0 Å². The summed E-state index contributed by atoms with van der Waals surface area (Å²) in [6, 6.07) is 9.58. The van der Waals surface area contributed by atoms with Crippen molar-refractivity contribution >= 4 is 0 Å². The van der Waals surface area contributed by atoms with Crippen LogP contribution in [0.1, 0.15) is 6.42 Å². The van der Waals surface area contributed by atoms with Crippen LogP contribution in [0.5, 0.6) is 5.75 Å². The van der Waals surface area contributed by atoms with Gasteiger partial charge in [-0.1, -0.05) is 18.2 Å². The summed E-state index contributed by atoms with van der Waals surface area (Å²) in [7, 11) is 0. The molecule has 1 aromatic rings. The van der Waals surface area contributed by atoms with E-state index in [9.17, 15) is 0 Å². The summed E-state index contributed by atoms with van der Waals surface area (Å²) < 4.78 is 5.34. The maximum atomic E-state index is 8.13. The van der Waals surface area contributed by atoms with Gasteiger partial charge >= 0.3 is 6.54 Å². The monoisotopic (exact) mass is 163 g/mol. The molecule has 0 aliphatic carbocycles. The molecule has 0 fully saturated rings. The summed E-state index contributed by atoms with van der Waals surface area (Å²) in [5, 5.41) is 8.13. The van der Waals surface area contributed by atoms with E-state index < -0.39 is 0 Å². The van der Waals surface area contributed by atoms with E-state index >= 15 is 0 Å². The minimum absolute atomic E-state index is 0.437. The van der Waals surface area contributed by atoms with Crippen molar-refractivity contribution in [2.24, 2.45) is 0 Å². The van der Waals surface area contributed by atoms with Gasteiger partial charge in [-0.15, -0.1) is 0 Å². The van der Waals surface area contributed by atoms with E-state index in [4.69, 9.17) is 10.1 Å². The second-order valence-corrected chi connectivity index (χ2v) is 2.38. The van der Waals surface area contributed by atoms with Gasteiger partial charge < -0.3 is 4.74 Å². The Hall–Kier alpha value is -1.56. The van der Waals surface area contributed by atoms with Crippen molar-refractivity contribution in [3.63, 3.8) is 0 Å². The molecule has 0 aromatic heterocycles. The van der Waals surface area contributed by atoms with Crippen molar-refractivity contribution in [1.82, 2.24) is 0 Å². The maximum absolute atomic E-state index is 8.13. The van der Waals surface area contributed by atoms with Gasteiger partial charge in [-0.2, -0.15) is 0 Å². The highest BCUT2D eigenvalue weighted by Gasteiger charge is 1.95. The first kappa shape index (κ1) is 8.54. The number of diazo groups is 1. The molecular formula is C9H11N2O+. The predicted octanol–water partition coefficient (Wildman–Crippen LogP) is 2.31. The Bertz CT molecular complexity index is 253. The Morgan fingerprint density at radius 3 is 2.67 bits per heavy atom. The fraction of sp³-hybridized carbons (Fsp3) is 0.333. The fourth-order valence-electron chi connectivity index (χ4n) is 0.842. The molecule has 0 aliphatic heterocycles. The first-order chi connectivity index (χ1) is 5.93. The van der Waals surface area contributed by atoms with E-state index in [1.165, 1.54) is 0 Å². The van der Waals surface area contributed by atoms with Gasteiger partial charge in [-0.05, 0) is 12.1 Å². The lowest BCUT2D eigenvalue weighted by Crippen LogP contribution is -1.97. The molecule has 12 heavy (non-hydrogen) atoms. The SMILES string of the molecule is N#[N+]CCCOc1ccccc1. The Morgan fingerprint density at radius 2 is 2.00 bits per heavy atom. The highest BCUT2D eigenvalue weighted by molar-refractivity contribution is 5.20. The fourth-order valence-corrected chi connectivity index (χ4v) is 0.842. The summed E-state index contributed by atoms with van der Waals surface area (Å²) in [6.45, 7) is 1.03. The average molecular weight is 163 g/mol. The molecule has 0 atom stereocenters. The molecule has 3 nitrogen and oxygen atoms in total. The van der Waals surface area contributed by atoms with E-state index in [1.807, 2.05) is 30.3 Å². The van der Waals surface area contributed by atoms with Crippen LogP contribution in [0.4, 0.5) is 0 Å². The molecule has 0 radical (unpaired) electrons. The second kappa shape index (κ2) is 5.14. The van der Waals surface area contributed by atoms with E-state index in [1.54, 1.807) is 0 Å². The number of nitrogens with zero attached hydrogens (tertiary/aromatic N) is 2. The largest absolute Gasteiger partial charge is 0.493 e. The minimum atomic E-state index is 0.437. The zero-order chi connectivity index (χ0) is 8.65. The van der Waals surface area contributed by atoms with Crippen LogP contribution in [0.25, 0.3) is 4.98 Å². The highest BCUT2D eigenvalue weighted by Crippen LogP contribution is 2.07. The first-order valence-corrected chi connectivity index (χ1v) is 3.92. The molecule has 0 aliphatic rings. The van der Waals surface area contributed by atoms with Crippen LogP contribution in [0, 0.1) is 5.39 Å². The number of hydrogen-bond donors (Lipinski definition) is 0. The molecule has 0 N–H and O–H groups in total. The molecule has 0 heterocycles. The summed E-state index contributed by atoms with van der Waals surface area (Å²) in [5.41, 5.74) is 0. The number of hydrogen-bond acceptors (Lipinski definition) is 2. The molecule has 0 bridgehead atoms. The van der Waals surface area contributed by atoms with Gasteiger partial charge in [0.05, 0.1) is 13.0 Å². The van der Waals surface area contributed by atoms with Gasteiger partial charge in [0.15, 0.2) is 0 Å². The third kappa shape index (κ3) is 3.02. The van der Waals surface area contributed by atoms with Crippen molar-refractivity contribution in [1.29, 1.82) is 5.39 Å². The van der Waals surface area contributed by atoms with Gasteiger partial charge in [-0.3, -0.25) is 0 Å². The zero-order valence-electron chi connectivity index (χ0n) is 6.81. The molecule has 62 valence electrons. The van der Waals surface area contributed by atoms with Crippen molar-refractivity contribution in [3.8, 4) is 5.75 Å². The molecular weight excluding hydrogens is 152 g/mol. The summed E-state index contributed by atoms with van der Waals surface area (Å²) in [6.07, 6.45) is 0.741. The smallest absolute Gasteiger partial charge is 0.308 e. The summed E-state index contributed by atoms with van der Waals surface area (Å²) in [4.78, 5) is 2.99. The minimum Gasteiger partial charge on any atom is -0.493 e. The quantitative estimate of drug-likeness (QED) is 0.504. The number of rotatable bonds is 4. The third-order valence-electron chi connectivity index (χ3n) is 1.41. The van der Waals surface area contributed by atoms with Crippen LogP contribution in [0.2, 0.25) is 0 Å². The van der Waals surface area contributed by atoms with E-state index in [0.717, 1.165) is 12.2 Å². The highest BCUT2D eigenvalue weighted by atomic mass is 16.5. The molecule has 1 aromatic carbocycles. The Labute approximate surface area is 71.6 Å². The van der Waals surface area contributed by atoms with Crippen LogP contribution in [0.3, 0.4) is 0 Å². The zero-order valence-corrected chi connectivity index (χ0v) is 6.81. The lowest BCUT2D eigenvalue weighted by atomic mass is 10.3. The van der Waals surface area contributed by atoms with Gasteiger partial charge in [-0.25, -0.2) is 0 Å². The van der Waals surface area contributed by atoms with Crippen molar-refractivity contribution in [2.75, 3.05) is 13.2 Å². The van der Waals surface area contributed by atoms with Gasteiger partial charge in [0.2, 0.25) is 5.39 Å². The molecule has 0 saturated heterocycles. The van der Waals surface area contributed by atoms with Crippen LogP contribution in [0.15, 0.2) is 30.3 Å². The predicted molar refractivity (Wildman–Crippen MR) is 46.5 cm³/mol. The molecule has 1 rings (SSSR count). The van der Waals surface area contributed by atoms with Gasteiger partial charge in [0, 0.05) is 0 Å². The topological polar surface area (TPSA) is 37.4 Å². The van der Waals surface area contributed by atoms with Crippen LogP contribution in [-0.2, 0) is 0 Å². The van der Waals surface area contributed by atoms with Crippen LogP contribution in [-0.4, -0.2) is 13.2 Å². The number of ether oxygens (including phenoxy) is 1. The van der Waals surface area contributed by atoms with Crippen molar-refractivity contribution in [3.05, 3.63) is 35.3 Å². The standard InChI is InChI=1S/C9H11N2O/c10-11-7-4-8-12-9-5-2-1-3-6-9/h1-3,5-6H,4,7-8H2/q+1. The maximum Gasteiger partial charge on any atom is 0.308 e. The Kier molecular flexibility index (Phi) is 3.65. The summed E-state index contributed by atoms with van der Waals surface area (Å²) >= 11 is 0. The van der Waals surface area contributed by atoms with Gasteiger partial charge in [0.1, 0.15) is 10.7 Å². The van der Waals surface area contributed by atoms with Crippen LogP contribution < -0.4 is 4.74 Å². The number of para-hydroxylation sites is 1. The first-order valence-electron chi connectivity index (χ1n) is 3.92. The molecule has 0 unspecified atom stereocenters. The molecule has 0 amide bonds. The van der Waals surface area contributed by atoms with Crippen molar-refractivity contribution < 1.29 is 4.74 Å². The number of benzene rings is 1. The Balaban J connectivity index is 2.21. The molecule has 0 saturated carbocycles. The summed E-state index contributed by atoms with van der Waals surface area (Å²) in [5.74, 6) is 0.857. The van der Waals surface area contributed by atoms with E-state index in [2.05, 4.69) is 4.98 Å². The second-order valence-electron chi connectivity index (χ2n) is 2.38. The van der Waals surface area contributed by atoms with Gasteiger partial charge in [0.25, 0.3) is 0 Å². The molecule has 3 heteroatoms. The lowest BCUT2D eigenvalue weighted by molar-refractivity contribution is 0.316. The normalized spacial score (nSPS) is 8.92. The van der Waals surface area contributed by atoms with Crippen molar-refractivity contribution in [2.45, 2.75) is 6.42 Å². The lowest BCUT2D eigenvalue weighted by Gasteiger charge is -2.01. The third-order valence-corrected chi connectivity index (χ3v) is 1.41.